The zero-order chi connectivity index (χ0) is 17.7. The predicted molar refractivity (Wildman–Crippen MR) is 96.6 cm³/mol. The number of ketones is 1. The number of hydrogen-bond acceptors (Lipinski definition) is 3. The summed E-state index contributed by atoms with van der Waals surface area (Å²) in [5.41, 5.74) is 7.53. The van der Waals surface area contributed by atoms with Crippen molar-refractivity contribution in [1.29, 1.82) is 0 Å². The lowest BCUT2D eigenvalue weighted by atomic mass is 9.91. The summed E-state index contributed by atoms with van der Waals surface area (Å²) in [6.45, 7) is 5.48. The van der Waals surface area contributed by atoms with Crippen LogP contribution in [0.25, 0.3) is 0 Å². The summed E-state index contributed by atoms with van der Waals surface area (Å²) in [7, 11) is 0. The molecule has 4 heteroatoms. The molecule has 4 nitrogen and oxygen atoms in total. The van der Waals surface area contributed by atoms with Gasteiger partial charge in [0.05, 0.1) is 0 Å². The Morgan fingerprint density at radius 2 is 1.71 bits per heavy atom. The van der Waals surface area contributed by atoms with Gasteiger partial charge in [0.25, 0.3) is 5.91 Å². The normalized spacial score (nSPS) is 10.5. The quantitative estimate of drug-likeness (QED) is 0.657. The van der Waals surface area contributed by atoms with Gasteiger partial charge in [-0.3, -0.25) is 9.59 Å². The van der Waals surface area contributed by atoms with E-state index in [9.17, 15) is 9.59 Å². The van der Waals surface area contributed by atoms with E-state index in [1.807, 2.05) is 20.8 Å². The SMILES string of the molecule is CC(C)(C)C(=O)C#Cc1cccc(NC(=O)c2ccc(N)cc2)c1. The molecule has 0 bridgehead atoms. The lowest BCUT2D eigenvalue weighted by Crippen LogP contribution is -2.17. The molecule has 0 unspecified atom stereocenters. The zero-order valence-electron chi connectivity index (χ0n) is 14.0. The fourth-order valence-corrected chi connectivity index (χ4v) is 1.83. The molecule has 3 N–H and O–H groups in total. The van der Waals surface area contributed by atoms with Crippen LogP contribution in [-0.4, -0.2) is 11.7 Å². The minimum atomic E-state index is -0.492. The average Bonchev–Trinajstić information content (AvgIpc) is 2.52. The maximum absolute atomic E-state index is 12.2. The Labute approximate surface area is 142 Å². The van der Waals surface area contributed by atoms with Crippen molar-refractivity contribution in [3.63, 3.8) is 0 Å². The molecule has 0 atom stereocenters. The molecule has 0 aromatic heterocycles. The standard InChI is InChI=1S/C20H20N2O2/c1-20(2,3)18(23)12-7-14-5-4-6-17(13-14)22-19(24)15-8-10-16(21)11-9-15/h4-6,8-11,13H,21H2,1-3H3,(H,22,24). The van der Waals surface area contributed by atoms with Gasteiger partial charge in [0.2, 0.25) is 5.78 Å². The number of nitrogen functional groups attached to an aromatic ring is 1. The smallest absolute Gasteiger partial charge is 0.255 e. The van der Waals surface area contributed by atoms with Crippen molar-refractivity contribution in [2.24, 2.45) is 5.41 Å². The largest absolute Gasteiger partial charge is 0.399 e. The highest BCUT2D eigenvalue weighted by Crippen LogP contribution is 2.15. The van der Waals surface area contributed by atoms with Gasteiger partial charge < -0.3 is 11.1 Å². The molecule has 24 heavy (non-hydrogen) atoms. The van der Waals surface area contributed by atoms with Gasteiger partial charge in [-0.05, 0) is 48.4 Å². The minimum absolute atomic E-state index is 0.126. The number of anilines is 2. The summed E-state index contributed by atoms with van der Waals surface area (Å²) in [5.74, 6) is 5.13. The topological polar surface area (TPSA) is 72.2 Å². The van der Waals surface area contributed by atoms with E-state index in [-0.39, 0.29) is 11.7 Å². The first-order valence-corrected chi connectivity index (χ1v) is 7.59. The van der Waals surface area contributed by atoms with Crippen LogP contribution in [0.4, 0.5) is 11.4 Å². The molecule has 0 spiro atoms. The zero-order valence-corrected chi connectivity index (χ0v) is 14.0. The van der Waals surface area contributed by atoms with Crippen LogP contribution in [0.5, 0.6) is 0 Å². The molecule has 0 aliphatic carbocycles. The molecule has 2 rings (SSSR count). The number of carbonyl (C=O) groups excluding carboxylic acids is 2. The summed E-state index contributed by atoms with van der Waals surface area (Å²) < 4.78 is 0. The summed E-state index contributed by atoms with van der Waals surface area (Å²) >= 11 is 0. The molecule has 0 heterocycles. The van der Waals surface area contributed by atoms with Gasteiger partial charge in [0, 0.05) is 27.9 Å². The van der Waals surface area contributed by atoms with Gasteiger partial charge >= 0.3 is 0 Å². The second-order valence-corrected chi connectivity index (χ2v) is 6.49. The van der Waals surface area contributed by atoms with Crippen molar-refractivity contribution in [3.05, 3.63) is 59.7 Å². The number of benzene rings is 2. The molecule has 0 radical (unpaired) electrons. The first-order valence-electron chi connectivity index (χ1n) is 7.59. The number of hydrogen-bond donors (Lipinski definition) is 2. The average molecular weight is 320 g/mol. The lowest BCUT2D eigenvalue weighted by molar-refractivity contribution is -0.120. The van der Waals surface area contributed by atoms with Crippen LogP contribution in [-0.2, 0) is 4.79 Å². The Kier molecular flexibility index (Phi) is 5.05. The van der Waals surface area contributed by atoms with E-state index in [0.717, 1.165) is 0 Å². The van der Waals surface area contributed by atoms with E-state index in [4.69, 9.17) is 5.73 Å². The number of carbonyl (C=O) groups is 2. The Bertz CT molecular complexity index is 819. The maximum atomic E-state index is 12.2. The van der Waals surface area contributed by atoms with Crippen molar-refractivity contribution < 1.29 is 9.59 Å². The van der Waals surface area contributed by atoms with Gasteiger partial charge in [0.1, 0.15) is 0 Å². The van der Waals surface area contributed by atoms with Crippen LogP contribution in [0.15, 0.2) is 48.5 Å². The Morgan fingerprint density at radius 3 is 2.33 bits per heavy atom. The number of Topliss-reactive ketones (excluding diaryl/α,β-unsaturated/α-hetero) is 1. The third-order valence-electron chi connectivity index (χ3n) is 3.29. The van der Waals surface area contributed by atoms with Crippen molar-refractivity contribution >= 4 is 23.1 Å². The Balaban J connectivity index is 2.13. The number of amides is 1. The Hall–Kier alpha value is -3.06. The maximum Gasteiger partial charge on any atom is 0.255 e. The molecule has 0 aliphatic heterocycles. The van der Waals surface area contributed by atoms with E-state index < -0.39 is 5.41 Å². The first kappa shape index (κ1) is 17.3. The second-order valence-electron chi connectivity index (χ2n) is 6.49. The van der Waals surface area contributed by atoms with Crippen molar-refractivity contribution in [1.82, 2.24) is 0 Å². The van der Waals surface area contributed by atoms with E-state index in [1.54, 1.807) is 48.5 Å². The van der Waals surface area contributed by atoms with Crippen molar-refractivity contribution in [3.8, 4) is 11.8 Å². The van der Waals surface area contributed by atoms with Crippen LogP contribution >= 0.6 is 0 Å². The molecule has 122 valence electrons. The highest BCUT2D eigenvalue weighted by Gasteiger charge is 2.18. The fourth-order valence-electron chi connectivity index (χ4n) is 1.83. The highest BCUT2D eigenvalue weighted by atomic mass is 16.1. The van der Waals surface area contributed by atoms with E-state index in [1.165, 1.54) is 0 Å². The summed E-state index contributed by atoms with van der Waals surface area (Å²) in [4.78, 5) is 24.1. The van der Waals surface area contributed by atoms with Gasteiger partial charge in [-0.25, -0.2) is 0 Å². The number of rotatable bonds is 2. The molecular weight excluding hydrogens is 300 g/mol. The van der Waals surface area contributed by atoms with Crippen molar-refractivity contribution in [2.75, 3.05) is 11.1 Å². The van der Waals surface area contributed by atoms with Gasteiger partial charge in [0.15, 0.2) is 0 Å². The van der Waals surface area contributed by atoms with E-state index >= 15 is 0 Å². The van der Waals surface area contributed by atoms with Crippen LogP contribution in [0.1, 0.15) is 36.7 Å². The second kappa shape index (κ2) is 7.01. The number of nitrogens with one attached hydrogen (secondary N) is 1. The van der Waals surface area contributed by atoms with Gasteiger partial charge in [-0.1, -0.05) is 32.8 Å². The van der Waals surface area contributed by atoms with Crippen molar-refractivity contribution in [2.45, 2.75) is 20.8 Å². The summed E-state index contributed by atoms with van der Waals surface area (Å²) in [6.07, 6.45) is 0. The Morgan fingerprint density at radius 1 is 1.04 bits per heavy atom. The summed E-state index contributed by atoms with van der Waals surface area (Å²) in [6, 6.07) is 13.8. The van der Waals surface area contributed by atoms with E-state index in [2.05, 4.69) is 17.2 Å². The highest BCUT2D eigenvalue weighted by molar-refractivity contribution is 6.04. The van der Waals surface area contributed by atoms with E-state index in [0.29, 0.717) is 22.5 Å². The van der Waals surface area contributed by atoms with Crippen LogP contribution in [0.3, 0.4) is 0 Å². The first-order chi connectivity index (χ1) is 11.3. The molecule has 0 fully saturated rings. The monoisotopic (exact) mass is 320 g/mol. The molecule has 2 aromatic rings. The third-order valence-corrected chi connectivity index (χ3v) is 3.29. The van der Waals surface area contributed by atoms with Gasteiger partial charge in [-0.2, -0.15) is 0 Å². The fraction of sp³-hybridized carbons (Fsp3) is 0.200. The van der Waals surface area contributed by atoms with Crippen LogP contribution in [0, 0.1) is 17.3 Å². The van der Waals surface area contributed by atoms with Crippen LogP contribution in [0.2, 0.25) is 0 Å². The number of nitrogens with two attached hydrogens (primary N) is 1. The predicted octanol–water partition coefficient (Wildman–Crippen LogP) is 3.49. The molecule has 0 saturated carbocycles. The molecule has 1 amide bonds. The molecular formula is C20H20N2O2. The molecule has 0 saturated heterocycles. The third kappa shape index (κ3) is 4.72. The minimum Gasteiger partial charge on any atom is -0.399 e. The molecule has 2 aromatic carbocycles. The van der Waals surface area contributed by atoms with Crippen LogP contribution < -0.4 is 11.1 Å². The summed E-state index contributed by atoms with van der Waals surface area (Å²) in [5, 5.41) is 2.80. The van der Waals surface area contributed by atoms with Gasteiger partial charge in [-0.15, -0.1) is 0 Å². The molecule has 0 aliphatic rings. The lowest BCUT2D eigenvalue weighted by Gasteiger charge is -2.10.